The second-order valence-corrected chi connectivity index (χ2v) is 5.46. The van der Waals surface area contributed by atoms with Crippen LogP contribution in [0.25, 0.3) is 0 Å². The second-order valence-electron chi connectivity index (χ2n) is 4.55. The zero-order chi connectivity index (χ0) is 14.7. The van der Waals surface area contributed by atoms with Crippen LogP contribution in [0.4, 0.5) is 5.69 Å². The van der Waals surface area contributed by atoms with Crippen molar-refractivity contribution >= 4 is 27.5 Å². The Kier molecular flexibility index (Phi) is 4.45. The second kappa shape index (κ2) is 6.09. The smallest absolute Gasteiger partial charge is 0.261 e. The highest BCUT2D eigenvalue weighted by Gasteiger charge is 2.18. The van der Waals surface area contributed by atoms with Crippen LogP contribution in [0.3, 0.4) is 0 Å². The normalized spacial score (nSPS) is 10.2. The first-order valence-electron chi connectivity index (χ1n) is 6.21. The standard InChI is InChI=1S/C16H16BrNO2/c1-11-5-4-6-13(9-11)18(2)16(19)14-8-7-12(17)10-15(14)20-3/h4-10H,1-3H3. The van der Waals surface area contributed by atoms with Crippen molar-refractivity contribution < 1.29 is 9.53 Å². The van der Waals surface area contributed by atoms with Gasteiger partial charge in [-0.05, 0) is 42.8 Å². The molecule has 0 aromatic heterocycles. The molecule has 0 aliphatic rings. The molecule has 104 valence electrons. The summed E-state index contributed by atoms with van der Waals surface area (Å²) < 4.78 is 6.16. The largest absolute Gasteiger partial charge is 0.496 e. The summed E-state index contributed by atoms with van der Waals surface area (Å²) in [5, 5.41) is 0. The van der Waals surface area contributed by atoms with E-state index >= 15 is 0 Å². The SMILES string of the molecule is COc1cc(Br)ccc1C(=O)N(C)c1cccc(C)c1. The molecule has 0 radical (unpaired) electrons. The van der Waals surface area contributed by atoms with Crippen molar-refractivity contribution in [3.63, 3.8) is 0 Å². The van der Waals surface area contributed by atoms with E-state index in [2.05, 4.69) is 15.9 Å². The van der Waals surface area contributed by atoms with Crippen molar-refractivity contribution in [2.75, 3.05) is 19.1 Å². The van der Waals surface area contributed by atoms with Gasteiger partial charge in [0.05, 0.1) is 12.7 Å². The first kappa shape index (κ1) is 14.6. The molecular weight excluding hydrogens is 318 g/mol. The molecule has 2 aromatic rings. The van der Waals surface area contributed by atoms with Crippen molar-refractivity contribution in [2.45, 2.75) is 6.92 Å². The van der Waals surface area contributed by atoms with Crippen LogP contribution in [-0.4, -0.2) is 20.1 Å². The summed E-state index contributed by atoms with van der Waals surface area (Å²) in [6.07, 6.45) is 0. The Balaban J connectivity index is 2.36. The van der Waals surface area contributed by atoms with E-state index in [0.29, 0.717) is 11.3 Å². The molecule has 0 heterocycles. The zero-order valence-corrected chi connectivity index (χ0v) is 13.3. The highest BCUT2D eigenvalue weighted by atomic mass is 79.9. The Morgan fingerprint density at radius 2 is 1.95 bits per heavy atom. The predicted octanol–water partition coefficient (Wildman–Crippen LogP) is 4.04. The van der Waals surface area contributed by atoms with E-state index in [1.165, 1.54) is 0 Å². The third kappa shape index (κ3) is 3.02. The van der Waals surface area contributed by atoms with Gasteiger partial charge in [0.15, 0.2) is 0 Å². The number of ether oxygens (including phenoxy) is 1. The number of anilines is 1. The number of hydrogen-bond donors (Lipinski definition) is 0. The minimum Gasteiger partial charge on any atom is -0.496 e. The summed E-state index contributed by atoms with van der Waals surface area (Å²) in [4.78, 5) is 14.2. The van der Waals surface area contributed by atoms with Gasteiger partial charge >= 0.3 is 0 Å². The molecule has 3 nitrogen and oxygen atoms in total. The number of rotatable bonds is 3. The number of nitrogens with zero attached hydrogens (tertiary/aromatic N) is 1. The average Bonchev–Trinajstić information content (AvgIpc) is 2.45. The van der Waals surface area contributed by atoms with Gasteiger partial charge in [-0.2, -0.15) is 0 Å². The van der Waals surface area contributed by atoms with Crippen molar-refractivity contribution in [3.05, 3.63) is 58.1 Å². The van der Waals surface area contributed by atoms with E-state index in [9.17, 15) is 4.79 Å². The zero-order valence-electron chi connectivity index (χ0n) is 11.7. The predicted molar refractivity (Wildman–Crippen MR) is 84.6 cm³/mol. The maximum atomic E-state index is 12.6. The highest BCUT2D eigenvalue weighted by molar-refractivity contribution is 9.10. The topological polar surface area (TPSA) is 29.5 Å². The maximum absolute atomic E-state index is 12.6. The van der Waals surface area contributed by atoms with Gasteiger partial charge in [-0.25, -0.2) is 0 Å². The third-order valence-corrected chi connectivity index (χ3v) is 3.58. The van der Waals surface area contributed by atoms with Gasteiger partial charge in [0, 0.05) is 17.2 Å². The van der Waals surface area contributed by atoms with E-state index in [-0.39, 0.29) is 5.91 Å². The van der Waals surface area contributed by atoms with Crippen molar-refractivity contribution in [3.8, 4) is 5.75 Å². The van der Waals surface area contributed by atoms with Gasteiger partial charge in [-0.1, -0.05) is 28.1 Å². The summed E-state index contributed by atoms with van der Waals surface area (Å²) in [5.74, 6) is 0.462. The van der Waals surface area contributed by atoms with Crippen LogP contribution in [-0.2, 0) is 0 Å². The van der Waals surface area contributed by atoms with Crippen LogP contribution < -0.4 is 9.64 Å². The first-order chi connectivity index (χ1) is 9.52. The average molecular weight is 334 g/mol. The summed E-state index contributed by atoms with van der Waals surface area (Å²) in [5.41, 5.74) is 2.52. The molecule has 0 spiro atoms. The number of amides is 1. The monoisotopic (exact) mass is 333 g/mol. The molecule has 2 aromatic carbocycles. The Labute approximate surface area is 127 Å². The number of carbonyl (C=O) groups excluding carboxylic acids is 1. The summed E-state index contributed by atoms with van der Waals surface area (Å²) >= 11 is 3.37. The molecule has 0 unspecified atom stereocenters. The lowest BCUT2D eigenvalue weighted by molar-refractivity contribution is 0.0990. The Morgan fingerprint density at radius 1 is 1.20 bits per heavy atom. The molecule has 0 aliphatic heterocycles. The Morgan fingerprint density at radius 3 is 2.60 bits per heavy atom. The Hall–Kier alpha value is -1.81. The molecule has 20 heavy (non-hydrogen) atoms. The fourth-order valence-electron chi connectivity index (χ4n) is 1.98. The van der Waals surface area contributed by atoms with Gasteiger partial charge in [0.25, 0.3) is 5.91 Å². The van der Waals surface area contributed by atoms with E-state index in [0.717, 1.165) is 15.7 Å². The first-order valence-corrected chi connectivity index (χ1v) is 7.00. The molecule has 0 N–H and O–H groups in total. The summed E-state index contributed by atoms with van der Waals surface area (Å²) in [6.45, 7) is 2.00. The minimum atomic E-state index is -0.0973. The lowest BCUT2D eigenvalue weighted by atomic mass is 10.1. The molecule has 0 fully saturated rings. The van der Waals surface area contributed by atoms with Crippen LogP contribution in [0, 0.1) is 6.92 Å². The number of carbonyl (C=O) groups is 1. The summed E-state index contributed by atoms with van der Waals surface area (Å²) in [7, 11) is 3.32. The lowest BCUT2D eigenvalue weighted by Gasteiger charge is -2.19. The molecule has 0 saturated heterocycles. The highest BCUT2D eigenvalue weighted by Crippen LogP contribution is 2.26. The molecule has 0 atom stereocenters. The molecule has 1 amide bonds. The van der Waals surface area contributed by atoms with Crippen LogP contribution >= 0.6 is 15.9 Å². The van der Waals surface area contributed by atoms with Crippen LogP contribution in [0.1, 0.15) is 15.9 Å². The van der Waals surface area contributed by atoms with Crippen molar-refractivity contribution in [1.29, 1.82) is 0 Å². The molecule has 0 bridgehead atoms. The maximum Gasteiger partial charge on any atom is 0.261 e. The van der Waals surface area contributed by atoms with Gasteiger partial charge in [-0.3, -0.25) is 4.79 Å². The van der Waals surface area contributed by atoms with Gasteiger partial charge in [0.1, 0.15) is 5.75 Å². The van der Waals surface area contributed by atoms with Crippen LogP contribution in [0.5, 0.6) is 5.75 Å². The van der Waals surface area contributed by atoms with E-state index in [1.54, 1.807) is 31.2 Å². The number of methoxy groups -OCH3 is 1. The quantitative estimate of drug-likeness (QED) is 0.848. The molecule has 0 saturated carbocycles. The Bertz CT molecular complexity index is 640. The van der Waals surface area contributed by atoms with Crippen molar-refractivity contribution in [2.24, 2.45) is 0 Å². The molecule has 2 rings (SSSR count). The van der Waals surface area contributed by atoms with Gasteiger partial charge < -0.3 is 9.64 Å². The third-order valence-electron chi connectivity index (χ3n) is 3.09. The summed E-state index contributed by atoms with van der Waals surface area (Å²) in [6, 6.07) is 13.2. The van der Waals surface area contributed by atoms with Crippen molar-refractivity contribution in [1.82, 2.24) is 0 Å². The van der Waals surface area contributed by atoms with Crippen LogP contribution in [0.15, 0.2) is 46.9 Å². The number of hydrogen-bond acceptors (Lipinski definition) is 2. The van der Waals surface area contributed by atoms with Gasteiger partial charge in [0.2, 0.25) is 0 Å². The van der Waals surface area contributed by atoms with E-state index in [1.807, 2.05) is 37.3 Å². The van der Waals surface area contributed by atoms with E-state index in [4.69, 9.17) is 4.74 Å². The molecule has 4 heteroatoms. The number of benzene rings is 2. The minimum absolute atomic E-state index is 0.0973. The fraction of sp³-hybridized carbons (Fsp3) is 0.188. The number of halogens is 1. The molecular formula is C16H16BrNO2. The molecule has 0 aliphatic carbocycles. The van der Waals surface area contributed by atoms with E-state index < -0.39 is 0 Å². The fourth-order valence-corrected chi connectivity index (χ4v) is 2.32. The lowest BCUT2D eigenvalue weighted by Crippen LogP contribution is -2.26. The number of aryl methyl sites for hydroxylation is 1. The van der Waals surface area contributed by atoms with Crippen LogP contribution in [0.2, 0.25) is 0 Å². The van der Waals surface area contributed by atoms with Gasteiger partial charge in [-0.15, -0.1) is 0 Å².